The summed E-state index contributed by atoms with van der Waals surface area (Å²) in [6.07, 6.45) is 1.39. The number of carbonyl (C=O) groups is 5. The molecule has 0 heterocycles. The summed E-state index contributed by atoms with van der Waals surface area (Å²) in [6.45, 7) is 0.0924. The van der Waals surface area contributed by atoms with Gasteiger partial charge in [-0.3, -0.25) is 14.4 Å². The number of nitrogens with one attached hydrogen (secondary N) is 3. The molecule has 270 valence electrons. The van der Waals surface area contributed by atoms with Gasteiger partial charge < -0.3 is 15.2 Å². The Morgan fingerprint density at radius 1 is 0.780 bits per heavy atom. The molecule has 0 saturated heterocycles. The van der Waals surface area contributed by atoms with Crippen molar-refractivity contribution in [3.05, 3.63) is 91.0 Å². The number of nitrogens with two attached hydrogens (primary N) is 1. The third-order valence-electron chi connectivity index (χ3n) is 7.94. The first kappa shape index (κ1) is 41.0. The van der Waals surface area contributed by atoms with E-state index in [-0.39, 0.29) is 36.8 Å². The molecule has 0 saturated carbocycles. The molecule has 3 aromatic rings. The smallest absolute Gasteiger partial charge is 0.468 e. The maximum absolute atomic E-state index is 12.9. The zero-order valence-electron chi connectivity index (χ0n) is 28.0. The quantitative estimate of drug-likeness (QED) is 0.0578. The van der Waals surface area contributed by atoms with Gasteiger partial charge in [0, 0.05) is 6.42 Å². The van der Waals surface area contributed by atoms with Gasteiger partial charge in [-0.2, -0.15) is 0 Å². The summed E-state index contributed by atoms with van der Waals surface area (Å²) >= 11 is 4.42. The molecule has 0 aliphatic rings. The fraction of sp³-hybridized carbons (Fsp3) is 0.343. The van der Waals surface area contributed by atoms with Gasteiger partial charge in [-0.25, -0.2) is 0 Å². The molecule has 5 N–H and O–H groups in total. The van der Waals surface area contributed by atoms with Gasteiger partial charge in [0.25, 0.3) is 0 Å². The van der Waals surface area contributed by atoms with E-state index < -0.39 is 41.1 Å². The number of hydrogen-bond donors (Lipinski definition) is 4. The molecule has 11 nitrogen and oxygen atoms in total. The second-order valence-electron chi connectivity index (χ2n) is 11.2. The van der Waals surface area contributed by atoms with Gasteiger partial charge in [-0.1, -0.05) is 0 Å². The standard InChI is InChI=1S/C35H44BrN4O7PS2/c1-46-33(43)23-39-34(44)30(40-31(41)20-19-29(37)35(45)47-2)24-49-50-25-32(42)38-21-12-22-48(36,26-13-6-3-7-14-26,27-15-8-4-9-16-27)28-17-10-5-11-18-28/h3-11,13-18,29-30H,12,19-25,37H2,1-2H3,(H,38,42)(H,39,44)(H,40,41)/t29-,30-/m0/s1. The van der Waals surface area contributed by atoms with Crippen molar-refractivity contribution < 1.29 is 33.4 Å². The molecule has 0 aliphatic heterocycles. The Hall–Kier alpha value is -3.42. The number of methoxy groups -OCH3 is 2. The van der Waals surface area contributed by atoms with E-state index >= 15 is 0 Å². The van der Waals surface area contributed by atoms with E-state index in [9.17, 15) is 24.0 Å². The normalized spacial score (nSPS) is 13.1. The van der Waals surface area contributed by atoms with Crippen molar-refractivity contribution in [2.45, 2.75) is 31.3 Å². The molecule has 15 heteroatoms. The van der Waals surface area contributed by atoms with Gasteiger partial charge in [-0.15, -0.1) is 0 Å². The fourth-order valence-electron chi connectivity index (χ4n) is 5.28. The Morgan fingerprint density at radius 2 is 1.32 bits per heavy atom. The number of esters is 2. The molecule has 0 bridgehead atoms. The zero-order valence-corrected chi connectivity index (χ0v) is 32.2. The van der Waals surface area contributed by atoms with Crippen molar-refractivity contribution in [2.75, 3.05) is 45.0 Å². The molecule has 3 amide bonds. The van der Waals surface area contributed by atoms with Crippen molar-refractivity contribution in [1.29, 1.82) is 0 Å². The van der Waals surface area contributed by atoms with Gasteiger partial charge in [0.2, 0.25) is 0 Å². The Balaban J connectivity index is 1.58. The van der Waals surface area contributed by atoms with Crippen LogP contribution in [0.15, 0.2) is 91.0 Å². The first-order valence-electron chi connectivity index (χ1n) is 15.9. The predicted octanol–water partition coefficient (Wildman–Crippen LogP) is 2.77. The zero-order chi connectivity index (χ0) is 36.4. The van der Waals surface area contributed by atoms with E-state index in [4.69, 9.17) is 5.73 Å². The van der Waals surface area contributed by atoms with Gasteiger partial charge in [0.05, 0.1) is 14.2 Å². The van der Waals surface area contributed by atoms with Crippen molar-refractivity contribution in [1.82, 2.24) is 16.0 Å². The number of halogens is 1. The van der Waals surface area contributed by atoms with Crippen LogP contribution in [-0.4, -0.2) is 86.7 Å². The topological polar surface area (TPSA) is 166 Å². The summed E-state index contributed by atoms with van der Waals surface area (Å²) in [6, 6.07) is 29.4. The molecule has 0 spiro atoms. The van der Waals surface area contributed by atoms with E-state index in [1.54, 1.807) is 0 Å². The second kappa shape index (κ2) is 20.4. The second-order valence-corrected chi connectivity index (χ2v) is 22.8. The number of ether oxygens (including phenoxy) is 2. The number of rotatable bonds is 20. The minimum atomic E-state index is -3.10. The minimum Gasteiger partial charge on any atom is -0.468 e. The average Bonchev–Trinajstić information content (AvgIpc) is 3.16. The minimum absolute atomic E-state index is 0.0258. The third-order valence-corrected chi connectivity index (χ3v) is 20.2. The molecule has 0 unspecified atom stereocenters. The first-order chi connectivity index (χ1) is 24.0. The molecule has 0 aliphatic carbocycles. The van der Waals surface area contributed by atoms with E-state index in [0.29, 0.717) is 13.0 Å². The van der Waals surface area contributed by atoms with Crippen LogP contribution < -0.4 is 37.6 Å². The molecule has 0 radical (unpaired) electrons. The van der Waals surface area contributed by atoms with E-state index in [1.165, 1.54) is 51.7 Å². The molecule has 3 rings (SSSR count). The van der Waals surface area contributed by atoms with Crippen LogP contribution in [0.3, 0.4) is 0 Å². The van der Waals surface area contributed by atoms with Crippen LogP contribution in [0.4, 0.5) is 0 Å². The number of carbonyl (C=O) groups excluding carboxylic acids is 5. The van der Waals surface area contributed by atoms with Crippen LogP contribution in [0, 0.1) is 0 Å². The fourth-order valence-corrected chi connectivity index (χ4v) is 15.0. The number of hydrogen-bond acceptors (Lipinski definition) is 10. The van der Waals surface area contributed by atoms with Gasteiger partial charge >= 0.3 is 241 Å². The number of amides is 3. The first-order valence-corrected chi connectivity index (χ1v) is 22.8. The summed E-state index contributed by atoms with van der Waals surface area (Å²) in [5.41, 5.74) is 5.71. The molecule has 0 aromatic heterocycles. The summed E-state index contributed by atoms with van der Waals surface area (Å²) < 4.78 is 9.14. The third kappa shape index (κ3) is 11.3. The van der Waals surface area contributed by atoms with Gasteiger partial charge in [-0.05, 0) is 6.42 Å². The number of benzene rings is 3. The SMILES string of the molecule is COC(=O)CNC(=O)[C@H](CSSCC(=O)NCCCP(Br)(c1ccccc1)(c1ccccc1)c1ccccc1)NC(=O)CC[C@H](N)C(=O)OC. The summed E-state index contributed by atoms with van der Waals surface area (Å²) in [4.78, 5) is 61.3. The van der Waals surface area contributed by atoms with Crippen molar-refractivity contribution in [3.63, 3.8) is 0 Å². The van der Waals surface area contributed by atoms with Crippen LogP contribution in [0.2, 0.25) is 0 Å². The summed E-state index contributed by atoms with van der Waals surface area (Å²) in [7, 11) is 4.87. The van der Waals surface area contributed by atoms with Crippen molar-refractivity contribution in [3.8, 4) is 0 Å². The van der Waals surface area contributed by atoms with Crippen molar-refractivity contribution in [2.24, 2.45) is 5.73 Å². The molecular formula is C35H44BrN4O7PS2. The molecular weight excluding hydrogens is 763 g/mol. The molecule has 50 heavy (non-hydrogen) atoms. The Morgan fingerprint density at radius 3 is 1.82 bits per heavy atom. The summed E-state index contributed by atoms with van der Waals surface area (Å²) in [5.74, 6) is -2.31. The van der Waals surface area contributed by atoms with E-state index in [1.807, 2.05) is 18.2 Å². The monoisotopic (exact) mass is 806 g/mol. The van der Waals surface area contributed by atoms with Crippen LogP contribution in [0.5, 0.6) is 0 Å². The van der Waals surface area contributed by atoms with Crippen LogP contribution in [0.25, 0.3) is 0 Å². The Kier molecular flexibility index (Phi) is 16.8. The van der Waals surface area contributed by atoms with Crippen LogP contribution in [-0.2, 0) is 33.4 Å². The summed E-state index contributed by atoms with van der Waals surface area (Å²) in [5, 5.41) is 8.60. The Bertz CT molecular complexity index is 1480. The molecule has 3 aromatic carbocycles. The average molecular weight is 808 g/mol. The van der Waals surface area contributed by atoms with E-state index in [0.717, 1.165) is 6.16 Å². The maximum atomic E-state index is 12.9. The predicted molar refractivity (Wildman–Crippen MR) is 208 cm³/mol. The van der Waals surface area contributed by atoms with Crippen LogP contribution in [0.1, 0.15) is 19.3 Å². The van der Waals surface area contributed by atoms with Crippen molar-refractivity contribution >= 4 is 88.0 Å². The molecule has 2 atom stereocenters. The Labute approximate surface area is 309 Å². The van der Waals surface area contributed by atoms with E-state index in [2.05, 4.69) is 114 Å². The molecule has 0 fully saturated rings. The van der Waals surface area contributed by atoms with Gasteiger partial charge in [0.15, 0.2) is 0 Å². The van der Waals surface area contributed by atoms with Crippen LogP contribution >= 0.6 is 42.4 Å². The van der Waals surface area contributed by atoms with Gasteiger partial charge in [0.1, 0.15) is 12.6 Å².